The third kappa shape index (κ3) is 1.84. The van der Waals surface area contributed by atoms with Gasteiger partial charge in [0.2, 0.25) is 5.43 Å². The van der Waals surface area contributed by atoms with Gasteiger partial charge in [-0.25, -0.2) is 9.78 Å². The first-order valence-corrected chi connectivity index (χ1v) is 4.94. The van der Waals surface area contributed by atoms with E-state index in [1.54, 1.807) is 31.1 Å². The third-order valence-electron chi connectivity index (χ3n) is 2.40. The molecule has 0 aliphatic heterocycles. The van der Waals surface area contributed by atoms with E-state index >= 15 is 0 Å². The van der Waals surface area contributed by atoms with Crippen molar-refractivity contribution >= 4 is 22.8 Å². The molecule has 0 bridgehead atoms. The van der Waals surface area contributed by atoms with Gasteiger partial charge in [-0.15, -0.1) is 0 Å². The number of nitrogens with one attached hydrogen (secondary N) is 1. The first-order valence-electron chi connectivity index (χ1n) is 4.94. The van der Waals surface area contributed by atoms with Crippen LogP contribution < -0.4 is 10.3 Å². The minimum Gasteiger partial charge on any atom is -0.477 e. The molecule has 0 amide bonds. The van der Waals surface area contributed by atoms with Crippen molar-refractivity contribution in [2.45, 2.75) is 0 Å². The SMILES string of the molecule is CN(C)c1ccc2[nH]cc(C(=O)O)c(=O)c2n1. The summed E-state index contributed by atoms with van der Waals surface area (Å²) >= 11 is 0. The molecule has 0 unspecified atom stereocenters. The Bertz CT molecular complexity index is 646. The lowest BCUT2D eigenvalue weighted by Crippen LogP contribution is -2.18. The lowest BCUT2D eigenvalue weighted by atomic mass is 10.2. The van der Waals surface area contributed by atoms with Crippen LogP contribution in [0.15, 0.2) is 23.1 Å². The van der Waals surface area contributed by atoms with Gasteiger partial charge in [0, 0.05) is 20.3 Å². The zero-order chi connectivity index (χ0) is 12.6. The van der Waals surface area contributed by atoms with E-state index in [2.05, 4.69) is 9.97 Å². The van der Waals surface area contributed by atoms with E-state index in [1.165, 1.54) is 6.20 Å². The molecule has 2 aromatic heterocycles. The molecule has 88 valence electrons. The number of pyridine rings is 2. The van der Waals surface area contributed by atoms with E-state index in [0.29, 0.717) is 11.3 Å². The summed E-state index contributed by atoms with van der Waals surface area (Å²) in [4.78, 5) is 31.3. The Morgan fingerprint density at radius 2 is 2.12 bits per heavy atom. The van der Waals surface area contributed by atoms with Crippen LogP contribution in [0.1, 0.15) is 10.4 Å². The second-order valence-corrected chi connectivity index (χ2v) is 3.80. The maximum atomic E-state index is 11.9. The topological polar surface area (TPSA) is 86.3 Å². The van der Waals surface area contributed by atoms with Crippen molar-refractivity contribution in [3.8, 4) is 0 Å². The molecule has 0 atom stereocenters. The fourth-order valence-corrected chi connectivity index (χ4v) is 1.49. The summed E-state index contributed by atoms with van der Waals surface area (Å²) in [5.74, 6) is -0.657. The highest BCUT2D eigenvalue weighted by molar-refractivity contribution is 5.91. The molecule has 17 heavy (non-hydrogen) atoms. The number of hydrogen-bond acceptors (Lipinski definition) is 4. The number of aromatic nitrogens is 2. The fourth-order valence-electron chi connectivity index (χ4n) is 1.49. The molecule has 0 spiro atoms. The number of aromatic carboxylic acids is 1. The minimum absolute atomic E-state index is 0.135. The molecule has 2 aromatic rings. The monoisotopic (exact) mass is 233 g/mol. The van der Waals surface area contributed by atoms with Crippen LogP contribution in [0.4, 0.5) is 5.82 Å². The molecule has 0 fully saturated rings. The van der Waals surface area contributed by atoms with Crippen LogP contribution in [0, 0.1) is 0 Å². The van der Waals surface area contributed by atoms with Crippen molar-refractivity contribution in [3.63, 3.8) is 0 Å². The van der Waals surface area contributed by atoms with Gasteiger partial charge in [0.25, 0.3) is 0 Å². The van der Waals surface area contributed by atoms with Crippen molar-refractivity contribution in [3.05, 3.63) is 34.1 Å². The van der Waals surface area contributed by atoms with Gasteiger partial charge in [-0.05, 0) is 12.1 Å². The fraction of sp³-hybridized carbons (Fsp3) is 0.182. The Balaban J connectivity index is 2.78. The average molecular weight is 233 g/mol. The number of H-pyrrole nitrogens is 1. The number of anilines is 1. The summed E-state index contributed by atoms with van der Waals surface area (Å²) in [7, 11) is 3.59. The molecule has 0 aliphatic rings. The molecule has 2 heterocycles. The van der Waals surface area contributed by atoms with Crippen LogP contribution in [0.25, 0.3) is 11.0 Å². The van der Waals surface area contributed by atoms with Gasteiger partial charge in [0.1, 0.15) is 16.9 Å². The molecule has 0 saturated carbocycles. The highest BCUT2D eigenvalue weighted by Gasteiger charge is 2.12. The van der Waals surface area contributed by atoms with Gasteiger partial charge in [-0.1, -0.05) is 0 Å². The maximum absolute atomic E-state index is 11.9. The number of fused-ring (bicyclic) bond motifs is 1. The second kappa shape index (κ2) is 3.89. The Hall–Kier alpha value is -2.37. The van der Waals surface area contributed by atoms with Gasteiger partial charge in [0.15, 0.2) is 0 Å². The largest absolute Gasteiger partial charge is 0.477 e. The number of nitrogens with zero attached hydrogens (tertiary/aromatic N) is 2. The molecular formula is C11H11N3O3. The van der Waals surface area contributed by atoms with Gasteiger partial charge in [0.05, 0.1) is 5.52 Å². The summed E-state index contributed by atoms with van der Waals surface area (Å²) in [6.45, 7) is 0. The van der Waals surface area contributed by atoms with E-state index in [9.17, 15) is 9.59 Å². The van der Waals surface area contributed by atoms with E-state index in [4.69, 9.17) is 5.11 Å². The molecule has 2 N–H and O–H groups in total. The van der Waals surface area contributed by atoms with Crippen LogP contribution >= 0.6 is 0 Å². The summed E-state index contributed by atoms with van der Waals surface area (Å²) in [6, 6.07) is 3.45. The number of rotatable bonds is 2. The molecule has 2 rings (SSSR count). The zero-order valence-electron chi connectivity index (χ0n) is 9.39. The van der Waals surface area contributed by atoms with Crippen LogP contribution in [0.5, 0.6) is 0 Å². The molecule has 0 aliphatic carbocycles. The highest BCUT2D eigenvalue weighted by Crippen LogP contribution is 2.12. The standard InChI is InChI=1S/C11H11N3O3/c1-14(2)8-4-3-7-9(13-8)10(15)6(5-12-7)11(16)17/h3-5H,1-2H3,(H,12,15)(H,16,17). The Morgan fingerprint density at radius 3 is 2.71 bits per heavy atom. The molecule has 0 radical (unpaired) electrons. The smallest absolute Gasteiger partial charge is 0.341 e. The summed E-state index contributed by atoms with van der Waals surface area (Å²) < 4.78 is 0. The quantitative estimate of drug-likeness (QED) is 0.796. The van der Waals surface area contributed by atoms with Crippen LogP contribution in [-0.4, -0.2) is 35.1 Å². The van der Waals surface area contributed by atoms with E-state index < -0.39 is 11.4 Å². The average Bonchev–Trinajstić information content (AvgIpc) is 2.28. The van der Waals surface area contributed by atoms with Crippen LogP contribution in [0.3, 0.4) is 0 Å². The molecule has 6 heteroatoms. The number of aromatic amines is 1. The molecular weight excluding hydrogens is 222 g/mol. The summed E-state index contributed by atoms with van der Waals surface area (Å²) in [5, 5.41) is 8.85. The first kappa shape index (κ1) is 11.1. The first-order chi connectivity index (χ1) is 8.00. The number of carbonyl (C=O) groups is 1. The number of hydrogen-bond donors (Lipinski definition) is 2. The lowest BCUT2D eigenvalue weighted by Gasteiger charge is -2.11. The zero-order valence-corrected chi connectivity index (χ0v) is 9.39. The summed E-state index contributed by atoms with van der Waals surface area (Å²) in [6.07, 6.45) is 1.18. The van der Waals surface area contributed by atoms with Crippen LogP contribution in [0.2, 0.25) is 0 Å². The predicted molar refractivity (Wildman–Crippen MR) is 63.7 cm³/mol. The highest BCUT2D eigenvalue weighted by atomic mass is 16.4. The van der Waals surface area contributed by atoms with Crippen molar-refractivity contribution in [1.82, 2.24) is 9.97 Å². The van der Waals surface area contributed by atoms with Crippen molar-refractivity contribution in [1.29, 1.82) is 0 Å². The van der Waals surface area contributed by atoms with Gasteiger partial charge in [-0.3, -0.25) is 4.79 Å². The molecule has 6 nitrogen and oxygen atoms in total. The maximum Gasteiger partial charge on any atom is 0.341 e. The molecule has 0 aromatic carbocycles. The van der Waals surface area contributed by atoms with Gasteiger partial charge < -0.3 is 15.0 Å². The molecule has 0 saturated heterocycles. The number of carboxylic acids is 1. The minimum atomic E-state index is -1.26. The van der Waals surface area contributed by atoms with Crippen molar-refractivity contribution in [2.24, 2.45) is 0 Å². The normalized spacial score (nSPS) is 10.5. The Labute approximate surface area is 96.5 Å². The van der Waals surface area contributed by atoms with Gasteiger partial charge >= 0.3 is 5.97 Å². The summed E-state index contributed by atoms with van der Waals surface area (Å²) in [5.41, 5.74) is -0.224. The lowest BCUT2D eigenvalue weighted by molar-refractivity contribution is 0.0695. The van der Waals surface area contributed by atoms with E-state index in [-0.39, 0.29) is 11.1 Å². The second-order valence-electron chi connectivity index (χ2n) is 3.80. The van der Waals surface area contributed by atoms with Gasteiger partial charge in [-0.2, -0.15) is 0 Å². The van der Waals surface area contributed by atoms with E-state index in [0.717, 1.165) is 0 Å². The van der Waals surface area contributed by atoms with E-state index in [1.807, 2.05) is 0 Å². The third-order valence-corrected chi connectivity index (χ3v) is 2.40. The Morgan fingerprint density at radius 1 is 1.41 bits per heavy atom. The van der Waals surface area contributed by atoms with Crippen molar-refractivity contribution in [2.75, 3.05) is 19.0 Å². The number of carboxylic acid groups (broad SMARTS) is 1. The Kier molecular flexibility index (Phi) is 2.55. The van der Waals surface area contributed by atoms with Crippen molar-refractivity contribution < 1.29 is 9.90 Å². The van der Waals surface area contributed by atoms with Crippen LogP contribution in [-0.2, 0) is 0 Å². The predicted octanol–water partition coefficient (Wildman–Crippen LogP) is 0.687.